The SMILES string of the molecule is O=C(c1ccc2c(c1)OCO2)N1CCN(CCS(=O)c2ccccc2)CC1. The predicted molar refractivity (Wildman–Crippen MR) is 103 cm³/mol. The molecule has 6 nitrogen and oxygen atoms in total. The number of ether oxygens (including phenoxy) is 2. The van der Waals surface area contributed by atoms with Crippen LogP contribution in [0.1, 0.15) is 10.4 Å². The first-order valence-electron chi connectivity index (χ1n) is 9.05. The van der Waals surface area contributed by atoms with Gasteiger partial charge in [0.15, 0.2) is 11.5 Å². The van der Waals surface area contributed by atoms with Gasteiger partial charge in [-0.15, -0.1) is 0 Å². The van der Waals surface area contributed by atoms with Crippen LogP contribution in [0.25, 0.3) is 0 Å². The van der Waals surface area contributed by atoms with Gasteiger partial charge in [-0.3, -0.25) is 13.9 Å². The van der Waals surface area contributed by atoms with Gasteiger partial charge in [0.05, 0.1) is 10.8 Å². The number of rotatable bonds is 5. The van der Waals surface area contributed by atoms with Gasteiger partial charge in [-0.1, -0.05) is 18.2 Å². The number of benzene rings is 2. The van der Waals surface area contributed by atoms with E-state index in [1.807, 2.05) is 35.2 Å². The van der Waals surface area contributed by atoms with Gasteiger partial charge < -0.3 is 14.4 Å². The van der Waals surface area contributed by atoms with E-state index in [1.165, 1.54) is 0 Å². The molecule has 1 amide bonds. The zero-order valence-electron chi connectivity index (χ0n) is 15.0. The van der Waals surface area contributed by atoms with E-state index >= 15 is 0 Å². The minimum Gasteiger partial charge on any atom is -0.454 e. The van der Waals surface area contributed by atoms with Crippen molar-refractivity contribution < 1.29 is 18.5 Å². The topological polar surface area (TPSA) is 59.1 Å². The molecule has 1 atom stereocenters. The zero-order valence-corrected chi connectivity index (χ0v) is 15.8. The van der Waals surface area contributed by atoms with Gasteiger partial charge in [0.1, 0.15) is 0 Å². The highest BCUT2D eigenvalue weighted by molar-refractivity contribution is 7.85. The molecule has 2 aliphatic heterocycles. The van der Waals surface area contributed by atoms with Crippen LogP contribution in [0, 0.1) is 0 Å². The summed E-state index contributed by atoms with van der Waals surface area (Å²) in [6, 6.07) is 14.9. The molecule has 142 valence electrons. The number of piperazine rings is 1. The first-order valence-corrected chi connectivity index (χ1v) is 10.4. The zero-order chi connectivity index (χ0) is 18.6. The Kier molecular flexibility index (Phi) is 5.40. The molecule has 2 aromatic carbocycles. The van der Waals surface area contributed by atoms with Crippen molar-refractivity contribution in [3.63, 3.8) is 0 Å². The average molecular weight is 386 g/mol. The third-order valence-electron chi connectivity index (χ3n) is 4.88. The van der Waals surface area contributed by atoms with Gasteiger partial charge in [0.2, 0.25) is 6.79 Å². The van der Waals surface area contributed by atoms with E-state index in [0.29, 0.717) is 35.9 Å². The molecule has 1 fully saturated rings. The molecule has 0 radical (unpaired) electrons. The van der Waals surface area contributed by atoms with Crippen LogP contribution in [0.3, 0.4) is 0 Å². The largest absolute Gasteiger partial charge is 0.454 e. The second-order valence-electron chi connectivity index (χ2n) is 6.56. The summed E-state index contributed by atoms with van der Waals surface area (Å²) in [4.78, 5) is 17.7. The molecule has 27 heavy (non-hydrogen) atoms. The molecule has 0 spiro atoms. The minimum absolute atomic E-state index is 0.0146. The number of carbonyl (C=O) groups excluding carboxylic acids is 1. The van der Waals surface area contributed by atoms with Crippen LogP contribution in [0.4, 0.5) is 0 Å². The van der Waals surface area contributed by atoms with E-state index in [9.17, 15) is 9.00 Å². The van der Waals surface area contributed by atoms with Crippen LogP contribution in [0.2, 0.25) is 0 Å². The molecule has 1 saturated heterocycles. The lowest BCUT2D eigenvalue weighted by Crippen LogP contribution is -2.49. The van der Waals surface area contributed by atoms with Gasteiger partial charge in [-0.05, 0) is 30.3 Å². The molecular weight excluding hydrogens is 364 g/mol. The number of hydrogen-bond acceptors (Lipinski definition) is 5. The lowest BCUT2D eigenvalue weighted by molar-refractivity contribution is 0.0644. The quantitative estimate of drug-likeness (QED) is 0.787. The fourth-order valence-electron chi connectivity index (χ4n) is 3.29. The summed E-state index contributed by atoms with van der Waals surface area (Å²) in [6.07, 6.45) is 0. The summed E-state index contributed by atoms with van der Waals surface area (Å²) < 4.78 is 23.0. The smallest absolute Gasteiger partial charge is 0.254 e. The van der Waals surface area contributed by atoms with Crippen molar-refractivity contribution in [1.82, 2.24) is 9.80 Å². The Hall–Kier alpha value is -2.38. The molecule has 1 unspecified atom stereocenters. The fourth-order valence-corrected chi connectivity index (χ4v) is 4.41. The third kappa shape index (κ3) is 4.14. The van der Waals surface area contributed by atoms with Crippen molar-refractivity contribution in [1.29, 1.82) is 0 Å². The Morgan fingerprint density at radius 2 is 1.70 bits per heavy atom. The molecule has 0 aromatic heterocycles. The maximum atomic E-state index is 12.7. The number of amides is 1. The maximum absolute atomic E-state index is 12.7. The van der Waals surface area contributed by atoms with E-state index in [0.717, 1.165) is 24.5 Å². The van der Waals surface area contributed by atoms with Crippen LogP contribution in [-0.4, -0.2) is 65.2 Å². The van der Waals surface area contributed by atoms with E-state index < -0.39 is 10.8 Å². The number of fused-ring (bicyclic) bond motifs is 1. The van der Waals surface area contributed by atoms with Crippen molar-refractivity contribution in [2.45, 2.75) is 4.90 Å². The summed E-state index contributed by atoms with van der Waals surface area (Å²) in [6.45, 7) is 3.91. The minimum atomic E-state index is -0.980. The Morgan fingerprint density at radius 3 is 2.48 bits per heavy atom. The molecule has 0 bridgehead atoms. The van der Waals surface area contributed by atoms with Crippen LogP contribution < -0.4 is 9.47 Å². The number of carbonyl (C=O) groups is 1. The van der Waals surface area contributed by atoms with Crippen LogP contribution in [0.15, 0.2) is 53.4 Å². The molecule has 0 N–H and O–H groups in total. The van der Waals surface area contributed by atoms with Gasteiger partial charge in [0.25, 0.3) is 5.91 Å². The monoisotopic (exact) mass is 386 g/mol. The lowest BCUT2D eigenvalue weighted by atomic mass is 10.1. The number of nitrogens with zero attached hydrogens (tertiary/aromatic N) is 2. The second kappa shape index (κ2) is 8.10. The van der Waals surface area contributed by atoms with E-state index in [4.69, 9.17) is 9.47 Å². The molecule has 0 saturated carbocycles. The van der Waals surface area contributed by atoms with Gasteiger partial charge in [-0.25, -0.2) is 0 Å². The van der Waals surface area contributed by atoms with E-state index in [1.54, 1.807) is 18.2 Å². The summed E-state index contributed by atoms with van der Waals surface area (Å²) in [5, 5.41) is 0. The molecular formula is C20H22N2O4S. The predicted octanol–water partition coefficient (Wildman–Crippen LogP) is 1.98. The second-order valence-corrected chi connectivity index (χ2v) is 8.14. The fraction of sp³-hybridized carbons (Fsp3) is 0.350. The van der Waals surface area contributed by atoms with Gasteiger partial charge in [-0.2, -0.15) is 0 Å². The lowest BCUT2D eigenvalue weighted by Gasteiger charge is -2.34. The van der Waals surface area contributed by atoms with Crippen molar-refractivity contribution in [3.05, 3.63) is 54.1 Å². The van der Waals surface area contributed by atoms with Crippen LogP contribution in [-0.2, 0) is 10.8 Å². The molecule has 0 aliphatic carbocycles. The van der Waals surface area contributed by atoms with Crippen molar-refractivity contribution >= 4 is 16.7 Å². The Bertz CT molecular complexity index is 835. The maximum Gasteiger partial charge on any atom is 0.254 e. The summed E-state index contributed by atoms with van der Waals surface area (Å²) >= 11 is 0. The summed E-state index contributed by atoms with van der Waals surface area (Å²) in [7, 11) is -0.980. The van der Waals surface area contributed by atoms with Crippen LogP contribution >= 0.6 is 0 Å². The van der Waals surface area contributed by atoms with E-state index in [-0.39, 0.29) is 12.7 Å². The normalized spacial score (nSPS) is 17.7. The summed E-state index contributed by atoms with van der Waals surface area (Å²) in [5.74, 6) is 1.94. The Morgan fingerprint density at radius 1 is 0.963 bits per heavy atom. The van der Waals surface area contributed by atoms with Gasteiger partial charge in [0, 0.05) is 48.9 Å². The van der Waals surface area contributed by atoms with E-state index in [2.05, 4.69) is 4.90 Å². The molecule has 2 heterocycles. The third-order valence-corrected chi connectivity index (χ3v) is 6.23. The highest BCUT2D eigenvalue weighted by atomic mass is 32.2. The van der Waals surface area contributed by atoms with Crippen molar-refractivity contribution in [2.24, 2.45) is 0 Å². The standard InChI is InChI=1S/C20H22N2O4S/c23-20(16-6-7-18-19(14-16)26-15-25-18)22-10-8-21(9-11-22)12-13-27(24)17-4-2-1-3-5-17/h1-7,14H,8-13,15H2. The van der Waals surface area contributed by atoms with Crippen molar-refractivity contribution in [2.75, 3.05) is 45.3 Å². The molecule has 2 aromatic rings. The number of hydrogen-bond donors (Lipinski definition) is 0. The highest BCUT2D eigenvalue weighted by Gasteiger charge is 2.24. The summed E-state index contributed by atoms with van der Waals surface area (Å²) in [5.41, 5.74) is 0.623. The van der Waals surface area contributed by atoms with Gasteiger partial charge >= 0.3 is 0 Å². The molecule has 4 rings (SSSR count). The average Bonchev–Trinajstić information content (AvgIpc) is 3.20. The highest BCUT2D eigenvalue weighted by Crippen LogP contribution is 2.32. The molecule has 7 heteroatoms. The Labute approximate surface area is 161 Å². The Balaban J connectivity index is 1.27. The van der Waals surface area contributed by atoms with Crippen molar-refractivity contribution in [3.8, 4) is 11.5 Å². The first kappa shape index (κ1) is 18.0. The van der Waals surface area contributed by atoms with Crippen LogP contribution in [0.5, 0.6) is 11.5 Å². The molecule has 2 aliphatic rings. The first-order chi connectivity index (χ1) is 13.2.